The highest BCUT2D eigenvalue weighted by Crippen LogP contribution is 2.44. The van der Waals surface area contributed by atoms with Crippen LogP contribution in [-0.2, 0) is 0 Å². The van der Waals surface area contributed by atoms with Gasteiger partial charge in [0.1, 0.15) is 0 Å². The highest BCUT2D eigenvalue weighted by atomic mass is 15.2. The summed E-state index contributed by atoms with van der Waals surface area (Å²) in [5, 5.41) is 4.80. The van der Waals surface area contributed by atoms with Crippen LogP contribution in [0, 0.1) is 0 Å². The molecule has 0 saturated heterocycles. The monoisotopic (exact) mass is 948 g/mol. The average molecular weight is 949 g/mol. The summed E-state index contributed by atoms with van der Waals surface area (Å²) in [6.07, 6.45) is 4.38. The number of benzene rings is 12. The van der Waals surface area contributed by atoms with Gasteiger partial charge < -0.3 is 19.6 Å². The van der Waals surface area contributed by atoms with Gasteiger partial charge in [0.25, 0.3) is 0 Å². The lowest BCUT2D eigenvalue weighted by molar-refractivity contribution is 1.25. The number of fused-ring (bicyclic) bond motifs is 2. The van der Waals surface area contributed by atoms with Crippen molar-refractivity contribution in [2.24, 2.45) is 0 Å². The number of nitrogens with zero attached hydrogens (tertiary/aromatic N) is 4. The third-order valence-corrected chi connectivity index (χ3v) is 13.6. The van der Waals surface area contributed by atoms with Gasteiger partial charge in [-0.1, -0.05) is 182 Å². The van der Waals surface area contributed by atoms with E-state index in [1.54, 1.807) is 0 Å². The van der Waals surface area contributed by atoms with E-state index in [9.17, 15) is 0 Å². The van der Waals surface area contributed by atoms with E-state index in [4.69, 9.17) is 0 Å². The van der Waals surface area contributed by atoms with Crippen molar-refractivity contribution in [3.63, 3.8) is 0 Å². The molecule has 74 heavy (non-hydrogen) atoms. The molecule has 12 aromatic rings. The molecule has 0 bridgehead atoms. The summed E-state index contributed by atoms with van der Waals surface area (Å²) in [5.74, 6) is 0. The van der Waals surface area contributed by atoms with Crippen molar-refractivity contribution < 1.29 is 0 Å². The number of para-hydroxylation sites is 4. The summed E-state index contributed by atoms with van der Waals surface area (Å²) in [7, 11) is 0. The highest BCUT2D eigenvalue weighted by molar-refractivity contribution is 6.00. The highest BCUT2D eigenvalue weighted by Gasteiger charge is 2.20. The van der Waals surface area contributed by atoms with Gasteiger partial charge in [-0.15, -0.1) is 0 Å². The first-order chi connectivity index (χ1) is 36.7. The third kappa shape index (κ3) is 9.39. The van der Waals surface area contributed by atoms with Crippen molar-refractivity contribution >= 4 is 102 Å². The van der Waals surface area contributed by atoms with E-state index >= 15 is 0 Å². The molecule has 0 aromatic heterocycles. The van der Waals surface area contributed by atoms with Crippen LogP contribution in [0.4, 0.5) is 68.2 Å². The lowest BCUT2D eigenvalue weighted by Crippen LogP contribution is -2.13. The summed E-state index contributed by atoms with van der Waals surface area (Å²) in [6, 6.07) is 108. The fourth-order valence-electron chi connectivity index (χ4n) is 10.0. The molecular weight excluding hydrogens is 897 g/mol. The molecule has 4 nitrogen and oxygen atoms in total. The second-order valence-electron chi connectivity index (χ2n) is 18.2. The Bertz CT molecular complexity index is 3590. The molecule has 0 aliphatic heterocycles. The van der Waals surface area contributed by atoms with Crippen LogP contribution in [-0.4, -0.2) is 0 Å². The molecule has 0 fully saturated rings. The zero-order valence-corrected chi connectivity index (χ0v) is 40.8. The van der Waals surface area contributed by atoms with Crippen LogP contribution >= 0.6 is 0 Å². The van der Waals surface area contributed by atoms with E-state index in [0.717, 1.165) is 79.4 Å². The first-order valence-electron chi connectivity index (χ1n) is 25.2. The lowest BCUT2D eigenvalue weighted by atomic mass is 10.1. The number of hydrogen-bond acceptors (Lipinski definition) is 4. The maximum Gasteiger partial charge on any atom is 0.0540 e. The van der Waals surface area contributed by atoms with Crippen LogP contribution in [0.1, 0.15) is 11.1 Å². The van der Waals surface area contributed by atoms with Crippen LogP contribution < -0.4 is 19.6 Å². The summed E-state index contributed by atoms with van der Waals surface area (Å²) in [5.41, 5.74) is 15.3. The van der Waals surface area contributed by atoms with Crippen molar-refractivity contribution in [1.29, 1.82) is 0 Å². The van der Waals surface area contributed by atoms with Gasteiger partial charge >= 0.3 is 0 Å². The van der Waals surface area contributed by atoms with Crippen molar-refractivity contribution in [1.82, 2.24) is 0 Å². The standard InChI is InChI=1S/C70H52N4/c1-5-23-57(24-6-1)71(58-25-7-2-8-26-58)61-41-37-53(38-42-61)35-36-54-39-43-62(44-40-54)72(63-45-49-65(50-46-63)73(59-27-9-3-10-28-59)69-33-17-21-55-19-13-15-31-67(55)69)64-47-51-66(52-48-64)74(60-29-11-4-12-30-60)70-34-18-22-56-20-14-16-32-68(56)70/h1-52H/b36-35+. The predicted molar refractivity (Wildman–Crippen MR) is 316 cm³/mol. The Morgan fingerprint density at radius 3 is 0.730 bits per heavy atom. The fraction of sp³-hybridized carbons (Fsp3) is 0. The zero-order valence-electron chi connectivity index (χ0n) is 40.8. The Morgan fingerprint density at radius 1 is 0.176 bits per heavy atom. The molecule has 12 aromatic carbocycles. The van der Waals surface area contributed by atoms with Crippen LogP contribution in [0.5, 0.6) is 0 Å². The molecule has 0 saturated carbocycles. The number of rotatable bonds is 14. The first kappa shape index (κ1) is 45.3. The normalized spacial score (nSPS) is 11.2. The van der Waals surface area contributed by atoms with Crippen molar-refractivity contribution in [3.8, 4) is 0 Å². The number of anilines is 12. The summed E-state index contributed by atoms with van der Waals surface area (Å²) in [6.45, 7) is 0. The Balaban J connectivity index is 0.896. The predicted octanol–water partition coefficient (Wildman–Crippen LogP) is 20.0. The summed E-state index contributed by atoms with van der Waals surface area (Å²) >= 11 is 0. The molecule has 0 atom stereocenters. The lowest BCUT2D eigenvalue weighted by Gasteiger charge is -2.30. The van der Waals surface area contributed by atoms with E-state index in [1.165, 1.54) is 21.5 Å². The third-order valence-electron chi connectivity index (χ3n) is 13.6. The van der Waals surface area contributed by atoms with Crippen LogP contribution in [0.2, 0.25) is 0 Å². The van der Waals surface area contributed by atoms with Gasteiger partial charge in [-0.2, -0.15) is 0 Å². The molecule has 4 heteroatoms. The SMILES string of the molecule is C(=C\c1ccc(N(c2ccc(N(c3ccccc3)c3cccc4ccccc34)cc2)c2ccc(N(c3ccccc3)c3cccc4ccccc34)cc2)cc1)/c1ccc(N(c2ccccc2)c2ccccc2)cc1. The maximum absolute atomic E-state index is 2.36. The van der Waals surface area contributed by atoms with Gasteiger partial charge in [-0.25, -0.2) is 0 Å². The Kier molecular flexibility index (Phi) is 12.7. The zero-order chi connectivity index (χ0) is 49.5. The second kappa shape index (κ2) is 20.8. The molecule has 0 aliphatic rings. The molecule has 0 spiro atoms. The minimum absolute atomic E-state index is 1.05. The Hall–Kier alpha value is -9.90. The summed E-state index contributed by atoms with van der Waals surface area (Å²) < 4.78 is 0. The van der Waals surface area contributed by atoms with E-state index in [-0.39, 0.29) is 0 Å². The molecule has 0 amide bonds. The quantitative estimate of drug-likeness (QED) is 0.101. The first-order valence-corrected chi connectivity index (χ1v) is 25.2. The van der Waals surface area contributed by atoms with Crippen molar-refractivity contribution in [2.45, 2.75) is 0 Å². The second-order valence-corrected chi connectivity index (χ2v) is 18.2. The maximum atomic E-state index is 2.36. The average Bonchev–Trinajstić information content (AvgIpc) is 3.48. The van der Waals surface area contributed by atoms with Gasteiger partial charge in [0.05, 0.1) is 11.4 Å². The topological polar surface area (TPSA) is 13.0 Å². The molecule has 0 heterocycles. The van der Waals surface area contributed by atoms with E-state index in [2.05, 4.69) is 335 Å². The van der Waals surface area contributed by atoms with Crippen LogP contribution in [0.15, 0.2) is 303 Å². The van der Waals surface area contributed by atoms with Crippen molar-refractivity contribution in [3.05, 3.63) is 314 Å². The van der Waals surface area contributed by atoms with Gasteiger partial charge in [0.2, 0.25) is 0 Å². The van der Waals surface area contributed by atoms with Gasteiger partial charge in [0, 0.05) is 67.6 Å². The molecule has 352 valence electrons. The van der Waals surface area contributed by atoms with Crippen LogP contribution in [0.3, 0.4) is 0 Å². The fourth-order valence-corrected chi connectivity index (χ4v) is 10.0. The molecule has 0 N–H and O–H groups in total. The van der Waals surface area contributed by atoms with E-state index in [1.807, 2.05) is 0 Å². The van der Waals surface area contributed by atoms with Gasteiger partial charge in [-0.3, -0.25) is 0 Å². The van der Waals surface area contributed by atoms with Crippen molar-refractivity contribution in [2.75, 3.05) is 19.6 Å². The molecule has 0 unspecified atom stereocenters. The largest absolute Gasteiger partial charge is 0.311 e. The van der Waals surface area contributed by atoms with E-state index < -0.39 is 0 Å². The minimum atomic E-state index is 1.05. The van der Waals surface area contributed by atoms with Gasteiger partial charge in [0.15, 0.2) is 0 Å². The van der Waals surface area contributed by atoms with E-state index in [0.29, 0.717) is 0 Å². The smallest absolute Gasteiger partial charge is 0.0540 e. The molecule has 12 rings (SSSR count). The molecular formula is C70H52N4. The Morgan fingerprint density at radius 2 is 0.405 bits per heavy atom. The summed E-state index contributed by atoms with van der Waals surface area (Å²) in [4.78, 5) is 9.34. The molecule has 0 radical (unpaired) electrons. The molecule has 0 aliphatic carbocycles. The van der Waals surface area contributed by atoms with Gasteiger partial charge in [-0.05, 0) is 155 Å². The number of hydrogen-bond donors (Lipinski definition) is 0. The Labute approximate surface area is 433 Å². The minimum Gasteiger partial charge on any atom is -0.311 e. The van der Waals surface area contributed by atoms with Crippen LogP contribution in [0.25, 0.3) is 33.7 Å².